The van der Waals surface area contributed by atoms with Crippen LogP contribution in [0.3, 0.4) is 0 Å². The maximum Gasteiger partial charge on any atom is 0.246 e. The molecule has 0 aliphatic carbocycles. The van der Waals surface area contributed by atoms with E-state index in [-0.39, 0.29) is 5.33 Å². The van der Waals surface area contributed by atoms with Crippen molar-refractivity contribution in [3.05, 3.63) is 0 Å². The minimum atomic E-state index is -0.637. The zero-order chi connectivity index (χ0) is 6.08. The second kappa shape index (κ2) is 4.45. The van der Waals surface area contributed by atoms with Crippen molar-refractivity contribution in [1.29, 1.82) is 0 Å². The summed E-state index contributed by atoms with van der Waals surface area (Å²) >= 11 is 10.7. The van der Waals surface area contributed by atoms with E-state index in [1.807, 2.05) is 0 Å². The van der Waals surface area contributed by atoms with Gasteiger partial charge in [-0.15, -0.1) is 21.8 Å². The molecule has 0 aliphatic rings. The number of rotatable bonds is 1. The van der Waals surface area contributed by atoms with Crippen LogP contribution in [0.5, 0.6) is 0 Å². The quantitative estimate of drug-likeness (QED) is 0.244. The van der Waals surface area contributed by atoms with Crippen molar-refractivity contribution in [1.82, 2.24) is 0 Å². The fourth-order valence-corrected chi connectivity index (χ4v) is 0. The van der Waals surface area contributed by atoms with Crippen LogP contribution in [-0.2, 0) is 0 Å². The van der Waals surface area contributed by atoms with Gasteiger partial charge in [-0.1, -0.05) is 65.4 Å². The lowest BCUT2D eigenvalue weighted by molar-refractivity contribution is 4.20. The van der Waals surface area contributed by atoms with Gasteiger partial charge in [0.1, 0.15) is 5.33 Å². The summed E-state index contributed by atoms with van der Waals surface area (Å²) < 4.78 is -0.637. The van der Waals surface area contributed by atoms with Gasteiger partial charge in [-0.05, 0) is 0 Å². The summed E-state index contributed by atoms with van der Waals surface area (Å²) in [7, 11) is 1.49. The number of hydrogen-bond donors (Lipinski definition) is 0. The summed E-state index contributed by atoms with van der Waals surface area (Å²) in [4.78, 5) is 0. The van der Waals surface area contributed by atoms with Gasteiger partial charge in [0.25, 0.3) is 0 Å². The molecule has 0 radical (unpaired) electrons. The third-order valence-corrected chi connectivity index (χ3v) is 109. The van der Waals surface area contributed by atoms with Crippen LogP contribution in [0, 0.1) is 0 Å². The molecule has 0 aliphatic heterocycles. The Morgan fingerprint density at radius 1 is 1.29 bits per heavy atom. The van der Waals surface area contributed by atoms with Crippen LogP contribution < -0.4 is 0 Å². The van der Waals surface area contributed by atoms with E-state index in [1.165, 1.54) is 9.76 Å². The van der Waals surface area contributed by atoms with Gasteiger partial charge in [-0.25, -0.2) is 0 Å². The molecule has 1 atom stereocenters. The van der Waals surface area contributed by atoms with Crippen molar-refractivity contribution < 1.29 is 0 Å². The van der Waals surface area contributed by atoms with Crippen molar-refractivity contribution in [2.75, 3.05) is 0 Å². The predicted octanol–water partition coefficient (Wildman–Crippen LogP) is 1.33. The second-order valence-electron chi connectivity index (χ2n) is 1.16. The SMILES string of the molecule is [SiH3][SiH](I)[Si](I)(I)I. The highest BCUT2D eigenvalue weighted by molar-refractivity contribution is 14.4. The van der Waals surface area contributed by atoms with Gasteiger partial charge in [0.2, 0.25) is 0.0813 Å². The Morgan fingerprint density at radius 2 is 1.43 bits per heavy atom. The predicted molar refractivity (Wildman–Crippen MR) is 78.9 cm³/mol. The smallest absolute Gasteiger partial charge is 0.128 e. The van der Waals surface area contributed by atoms with Gasteiger partial charge >= 0.3 is 0 Å². The zero-order valence-electron chi connectivity index (χ0n) is 3.59. The van der Waals surface area contributed by atoms with E-state index < -0.39 is 0.0813 Å². The van der Waals surface area contributed by atoms with Crippen LogP contribution >= 0.6 is 87.2 Å². The first-order valence-electron chi connectivity index (χ1n) is 1.65. The lowest BCUT2D eigenvalue weighted by atomic mass is 26.7. The summed E-state index contributed by atoms with van der Waals surface area (Å²) in [6, 6.07) is 0. The van der Waals surface area contributed by atoms with Crippen LogP contribution in [0.4, 0.5) is 0 Å². The van der Waals surface area contributed by atoms with Crippen LogP contribution in [0.1, 0.15) is 0 Å². The molecular weight excluding hydrogens is 592 g/mol. The highest BCUT2D eigenvalue weighted by Crippen LogP contribution is 2.32. The topological polar surface area (TPSA) is 0 Å². The molecule has 0 N–H and O–H groups in total. The molecule has 0 aromatic heterocycles. The molecule has 44 valence electrons. The maximum atomic E-state index is 2.69. The zero-order valence-corrected chi connectivity index (χ0v) is 16.4. The average molecular weight is 596 g/mol. The summed E-state index contributed by atoms with van der Waals surface area (Å²) in [6.07, 6.45) is 0. The molecule has 7 heavy (non-hydrogen) atoms. The first-order valence-corrected chi connectivity index (χ1v) is 23.6. The molecule has 0 nitrogen and oxygen atoms in total. The Kier molecular flexibility index (Phi) is 6.72. The highest BCUT2D eigenvalue weighted by atomic mass is 127. The van der Waals surface area contributed by atoms with E-state index in [2.05, 4.69) is 87.2 Å². The van der Waals surface area contributed by atoms with E-state index >= 15 is 0 Å². The normalized spacial score (nSPS) is 17.1. The van der Waals surface area contributed by atoms with Gasteiger partial charge < -0.3 is 0 Å². The molecule has 0 aromatic rings. The molecule has 0 aromatic carbocycles. The van der Waals surface area contributed by atoms with Crippen LogP contribution in [0.25, 0.3) is 0 Å². The van der Waals surface area contributed by atoms with E-state index in [0.717, 1.165) is 0 Å². The van der Waals surface area contributed by atoms with E-state index in [0.29, 0.717) is 0 Å². The van der Waals surface area contributed by atoms with Gasteiger partial charge in [0, 0.05) is 9.76 Å². The summed E-state index contributed by atoms with van der Waals surface area (Å²) in [5.41, 5.74) is 0. The van der Waals surface area contributed by atoms with Gasteiger partial charge in [-0.2, -0.15) is 0 Å². The van der Waals surface area contributed by atoms with E-state index in [1.54, 1.807) is 0 Å². The number of hydrogen-bond acceptors (Lipinski definition) is 0. The van der Waals surface area contributed by atoms with Gasteiger partial charge in [0.15, 0.2) is 0 Å². The van der Waals surface area contributed by atoms with Gasteiger partial charge in [0.05, 0.1) is 0 Å². The summed E-state index contributed by atoms with van der Waals surface area (Å²) in [5.74, 6) is 0. The molecule has 0 saturated heterocycles. The minimum Gasteiger partial charge on any atom is -0.128 e. The average Bonchev–Trinajstić information content (AvgIpc) is 1.31. The molecule has 0 spiro atoms. The lowest BCUT2D eigenvalue weighted by Gasteiger charge is -2.08. The molecule has 0 heterocycles. The van der Waals surface area contributed by atoms with Crippen LogP contribution in [0.2, 0.25) is 0 Å². The first-order chi connectivity index (χ1) is 2.94. The molecule has 0 saturated carbocycles. The van der Waals surface area contributed by atoms with E-state index in [9.17, 15) is 0 Å². The van der Waals surface area contributed by atoms with Crippen LogP contribution in [-0.4, -0.2) is 15.2 Å². The van der Waals surface area contributed by atoms with Crippen molar-refractivity contribution in [3.8, 4) is 0 Å². The fourth-order valence-electron chi connectivity index (χ4n) is 0. The summed E-state index contributed by atoms with van der Waals surface area (Å²) in [5, 5.41) is -0.151. The molecule has 1 unspecified atom stereocenters. The van der Waals surface area contributed by atoms with Crippen molar-refractivity contribution in [3.63, 3.8) is 0 Å². The van der Waals surface area contributed by atoms with Crippen molar-refractivity contribution in [2.45, 2.75) is 0 Å². The number of halogens is 4. The Bertz CT molecular complexity index is 52.4. The maximum absolute atomic E-state index is 2.69. The second-order valence-corrected chi connectivity index (χ2v) is 76.2. The summed E-state index contributed by atoms with van der Waals surface area (Å²) in [6.45, 7) is 0. The Morgan fingerprint density at radius 3 is 1.43 bits per heavy atom. The molecule has 0 amide bonds. The Labute approximate surface area is 99.8 Å². The Hall–Kier alpha value is 3.57. The minimum absolute atomic E-state index is 0.151. The molecule has 0 bridgehead atoms. The molecule has 0 rings (SSSR count). The van der Waals surface area contributed by atoms with Crippen molar-refractivity contribution in [2.24, 2.45) is 0 Å². The molecule has 0 fully saturated rings. The highest BCUT2D eigenvalue weighted by Gasteiger charge is 2.28. The van der Waals surface area contributed by atoms with Gasteiger partial charge in [-0.3, -0.25) is 0 Å². The molecule has 7 heteroatoms. The lowest BCUT2D eigenvalue weighted by Crippen LogP contribution is -2.28. The Balaban J connectivity index is 3.54. The largest absolute Gasteiger partial charge is 0.246 e. The molecular formula is H4I4Si3. The van der Waals surface area contributed by atoms with Crippen LogP contribution in [0.15, 0.2) is 0 Å². The standard InChI is InChI=1S/H4I4Si3/c1-6(5)7(2,3)4/h6H,5H3. The third kappa shape index (κ3) is 5.99. The fraction of sp³-hybridized carbons (Fsp3) is 0. The third-order valence-electron chi connectivity index (χ3n) is 0.451. The van der Waals surface area contributed by atoms with Crippen molar-refractivity contribution >= 4 is 102 Å². The van der Waals surface area contributed by atoms with E-state index in [4.69, 9.17) is 0 Å². The monoisotopic (exact) mass is 596 g/mol. The first kappa shape index (κ1) is 10.6.